The van der Waals surface area contributed by atoms with Crippen molar-refractivity contribution in [3.63, 3.8) is 0 Å². The average Bonchev–Trinajstić information content (AvgIpc) is 1.85. The molecule has 0 saturated carbocycles. The highest BCUT2D eigenvalue weighted by Gasteiger charge is 1.98. The van der Waals surface area contributed by atoms with E-state index in [2.05, 4.69) is 18.3 Å². The Balaban J connectivity index is 2.97. The Hall–Kier alpha value is -0.353. The monoisotopic (exact) mass is 174 g/mol. The van der Waals surface area contributed by atoms with E-state index in [1.807, 2.05) is 0 Å². The van der Waals surface area contributed by atoms with Gasteiger partial charge in [-0.2, -0.15) is 0 Å². The maximum Gasteiger partial charge on any atom is 0.523 e. The van der Waals surface area contributed by atoms with Gasteiger partial charge in [-0.05, 0) is 12.3 Å². The Morgan fingerprint density at radius 2 is 2.18 bits per heavy atom. The van der Waals surface area contributed by atoms with Crippen LogP contribution in [0, 0.1) is 5.92 Å². The Bertz CT molecular complexity index is 114. The molecule has 0 heterocycles. The van der Waals surface area contributed by atoms with Gasteiger partial charge < -0.3 is 8.85 Å². The molecule has 0 aromatic heterocycles. The first-order valence-electron chi connectivity index (χ1n) is 3.67. The van der Waals surface area contributed by atoms with E-state index < -0.39 is 0 Å². The predicted octanol–water partition coefficient (Wildman–Crippen LogP) is 1.15. The Kier molecular flexibility index (Phi) is 6.16. The lowest BCUT2D eigenvalue weighted by molar-refractivity contribution is -0.132. The van der Waals surface area contributed by atoms with Gasteiger partial charge in [0.2, 0.25) is 0 Å². The molecule has 0 spiro atoms. The topological polar surface area (TPSA) is 35.5 Å². The van der Waals surface area contributed by atoms with Crippen molar-refractivity contribution in [2.24, 2.45) is 5.92 Å². The van der Waals surface area contributed by atoms with E-state index in [1.165, 1.54) is 6.92 Å². The summed E-state index contributed by atoms with van der Waals surface area (Å²) in [5.41, 5.74) is 0. The van der Waals surface area contributed by atoms with E-state index >= 15 is 0 Å². The minimum Gasteiger partial charge on any atom is -0.491 e. The van der Waals surface area contributed by atoms with Gasteiger partial charge in [-0.3, -0.25) is 4.79 Å². The van der Waals surface area contributed by atoms with Gasteiger partial charge in [0, 0.05) is 13.5 Å². The lowest BCUT2D eigenvalue weighted by atomic mass is 10.2. The number of rotatable bonds is 5. The van der Waals surface area contributed by atoms with Crippen molar-refractivity contribution in [3.8, 4) is 0 Å². The average molecular weight is 174 g/mol. The zero-order valence-electron chi connectivity index (χ0n) is 7.22. The van der Waals surface area contributed by atoms with Crippen LogP contribution in [0.3, 0.4) is 0 Å². The van der Waals surface area contributed by atoms with Gasteiger partial charge in [0.25, 0.3) is 5.97 Å². The van der Waals surface area contributed by atoms with Crippen molar-refractivity contribution in [3.05, 3.63) is 0 Å². The van der Waals surface area contributed by atoms with Crippen LogP contribution < -0.4 is 0 Å². The van der Waals surface area contributed by atoms with E-state index in [-0.39, 0.29) is 16.0 Å². The van der Waals surface area contributed by atoms with Gasteiger partial charge in [-0.1, -0.05) is 13.8 Å². The summed E-state index contributed by atoms with van der Waals surface area (Å²) >= 11 is 0. The molecular weight excluding hydrogens is 160 g/mol. The van der Waals surface area contributed by atoms with Gasteiger partial charge in [0.1, 0.15) is 0 Å². The molecule has 0 rings (SSSR count). The maximum absolute atomic E-state index is 10.2. The summed E-state index contributed by atoms with van der Waals surface area (Å²) < 4.78 is 9.63. The minimum atomic E-state index is -0.284. The molecule has 4 heteroatoms. The molecule has 0 atom stereocenters. The molecule has 0 saturated heterocycles. The second-order valence-electron chi connectivity index (χ2n) is 2.71. The van der Waals surface area contributed by atoms with Crippen molar-refractivity contribution in [2.75, 3.05) is 6.61 Å². The van der Waals surface area contributed by atoms with Crippen molar-refractivity contribution in [1.29, 1.82) is 0 Å². The van der Waals surface area contributed by atoms with Crippen molar-refractivity contribution in [2.45, 2.75) is 27.2 Å². The highest BCUT2D eigenvalue weighted by molar-refractivity contribution is 6.22. The van der Waals surface area contributed by atoms with Gasteiger partial charge in [-0.15, -0.1) is 0 Å². The van der Waals surface area contributed by atoms with E-state index in [9.17, 15) is 4.79 Å². The summed E-state index contributed by atoms with van der Waals surface area (Å²) in [6.07, 6.45) is 1.01. The summed E-state index contributed by atoms with van der Waals surface area (Å²) in [6, 6.07) is 0. The molecule has 11 heavy (non-hydrogen) atoms. The first kappa shape index (κ1) is 10.6. The summed E-state index contributed by atoms with van der Waals surface area (Å²) in [7, 11) is -0.137. The summed E-state index contributed by atoms with van der Waals surface area (Å²) in [6.45, 7) is 6.29. The van der Waals surface area contributed by atoms with Crippen LogP contribution in [0.4, 0.5) is 0 Å². The van der Waals surface area contributed by atoms with Gasteiger partial charge in [-0.25, -0.2) is 0 Å². The van der Waals surface area contributed by atoms with Crippen LogP contribution in [0.25, 0.3) is 0 Å². The molecule has 3 nitrogen and oxygen atoms in total. The van der Waals surface area contributed by atoms with E-state index in [0.29, 0.717) is 12.5 Å². The lowest BCUT2D eigenvalue weighted by Gasteiger charge is -2.03. The number of carbonyl (C=O) groups excluding carboxylic acids is 1. The summed E-state index contributed by atoms with van der Waals surface area (Å²) in [5.74, 6) is 0.352. The highest BCUT2D eigenvalue weighted by Crippen LogP contribution is 1.97. The van der Waals surface area contributed by atoms with Gasteiger partial charge in [0.15, 0.2) is 0 Å². The van der Waals surface area contributed by atoms with Crippen LogP contribution in [0.15, 0.2) is 0 Å². The fraction of sp³-hybridized carbons (Fsp3) is 0.857. The minimum absolute atomic E-state index is 0.137. The van der Waals surface area contributed by atoms with Crippen LogP contribution >= 0.6 is 0 Å². The Labute approximate surface area is 70.1 Å². The molecule has 0 aliphatic rings. The summed E-state index contributed by atoms with van der Waals surface area (Å²) in [5, 5.41) is 0. The lowest BCUT2D eigenvalue weighted by Crippen LogP contribution is -2.10. The Morgan fingerprint density at radius 3 is 2.64 bits per heavy atom. The quantitative estimate of drug-likeness (QED) is 0.463. The van der Waals surface area contributed by atoms with Crippen LogP contribution in [0.5, 0.6) is 0 Å². The standard InChI is InChI=1S/C7H14O3Si/c1-6(2)4-5-9-11-10-7(3)8/h6H,4-5H2,1-3H3. The van der Waals surface area contributed by atoms with Gasteiger partial charge >= 0.3 is 10.0 Å². The third kappa shape index (κ3) is 9.65. The molecule has 2 radical (unpaired) electrons. The fourth-order valence-electron chi connectivity index (χ4n) is 0.424. The van der Waals surface area contributed by atoms with E-state index in [4.69, 9.17) is 4.43 Å². The SMILES string of the molecule is CC(=O)O[Si]OCCC(C)C. The third-order valence-electron chi connectivity index (χ3n) is 1.04. The molecule has 0 bridgehead atoms. The number of hydrogen-bond donors (Lipinski definition) is 0. The molecule has 0 aliphatic carbocycles. The second kappa shape index (κ2) is 6.36. The van der Waals surface area contributed by atoms with Gasteiger partial charge in [0.05, 0.1) is 0 Å². The van der Waals surface area contributed by atoms with Crippen molar-refractivity contribution in [1.82, 2.24) is 0 Å². The van der Waals surface area contributed by atoms with Crippen LogP contribution in [0.1, 0.15) is 27.2 Å². The fourth-order valence-corrected chi connectivity index (χ4v) is 0.802. The number of hydrogen-bond acceptors (Lipinski definition) is 3. The molecule has 0 unspecified atom stereocenters. The third-order valence-corrected chi connectivity index (χ3v) is 1.73. The van der Waals surface area contributed by atoms with Crippen LogP contribution in [-0.2, 0) is 13.6 Å². The van der Waals surface area contributed by atoms with Crippen LogP contribution in [0.2, 0.25) is 0 Å². The maximum atomic E-state index is 10.2. The molecule has 0 fully saturated rings. The van der Waals surface area contributed by atoms with E-state index in [0.717, 1.165) is 6.42 Å². The first-order chi connectivity index (χ1) is 5.13. The molecule has 0 aliphatic heterocycles. The zero-order chi connectivity index (χ0) is 8.69. The molecule has 64 valence electrons. The van der Waals surface area contributed by atoms with E-state index in [1.54, 1.807) is 0 Å². The predicted molar refractivity (Wildman–Crippen MR) is 42.9 cm³/mol. The van der Waals surface area contributed by atoms with Crippen LogP contribution in [-0.4, -0.2) is 22.6 Å². The van der Waals surface area contributed by atoms with Crippen molar-refractivity contribution >= 4 is 16.0 Å². The molecule has 0 aromatic rings. The highest BCUT2D eigenvalue weighted by atomic mass is 28.3. The zero-order valence-corrected chi connectivity index (χ0v) is 8.22. The summed E-state index contributed by atoms with van der Waals surface area (Å²) in [4.78, 5) is 10.2. The number of carbonyl (C=O) groups is 1. The second-order valence-corrected chi connectivity index (χ2v) is 3.37. The molecule has 0 N–H and O–H groups in total. The van der Waals surface area contributed by atoms with Crippen molar-refractivity contribution < 1.29 is 13.6 Å². The largest absolute Gasteiger partial charge is 0.523 e. The first-order valence-corrected chi connectivity index (χ1v) is 4.48. The Morgan fingerprint density at radius 1 is 1.55 bits per heavy atom. The smallest absolute Gasteiger partial charge is 0.491 e. The molecule has 0 aromatic carbocycles. The molecule has 0 amide bonds. The normalized spacial score (nSPS) is 10.2. The molecular formula is C7H14O3Si.